The molecular formula is C14H18F2N2O. The molecule has 104 valence electrons. The van der Waals surface area contributed by atoms with Crippen LogP contribution in [0.3, 0.4) is 0 Å². The van der Waals surface area contributed by atoms with E-state index in [4.69, 9.17) is 5.73 Å². The highest BCUT2D eigenvalue weighted by atomic mass is 19.1. The van der Waals surface area contributed by atoms with Crippen molar-refractivity contribution in [2.75, 3.05) is 5.32 Å². The number of nitrogens with one attached hydrogen (secondary N) is 1. The molecule has 1 saturated carbocycles. The lowest BCUT2D eigenvalue weighted by atomic mass is 9.84. The van der Waals surface area contributed by atoms with Gasteiger partial charge in [0.2, 0.25) is 5.91 Å². The number of anilines is 1. The van der Waals surface area contributed by atoms with Gasteiger partial charge in [-0.15, -0.1) is 0 Å². The first kappa shape index (κ1) is 13.9. The maximum absolute atomic E-state index is 13.7. The van der Waals surface area contributed by atoms with Crippen LogP contribution in [0.1, 0.15) is 31.7 Å². The summed E-state index contributed by atoms with van der Waals surface area (Å²) in [6.45, 7) is 3.24. The smallest absolute Gasteiger partial charge is 0.231 e. The number of hydrogen-bond donors (Lipinski definition) is 2. The normalized spacial score (nSPS) is 26.5. The second-order valence-corrected chi connectivity index (χ2v) is 5.45. The van der Waals surface area contributed by atoms with Gasteiger partial charge in [-0.1, -0.05) is 6.42 Å². The number of rotatable bonds is 2. The Kier molecular flexibility index (Phi) is 3.58. The summed E-state index contributed by atoms with van der Waals surface area (Å²) in [5.41, 5.74) is 5.29. The topological polar surface area (TPSA) is 55.1 Å². The first-order valence-electron chi connectivity index (χ1n) is 6.37. The Hall–Kier alpha value is -1.49. The summed E-state index contributed by atoms with van der Waals surface area (Å²) in [4.78, 5) is 12.2. The van der Waals surface area contributed by atoms with Gasteiger partial charge >= 0.3 is 0 Å². The van der Waals surface area contributed by atoms with Crippen molar-refractivity contribution < 1.29 is 13.6 Å². The van der Waals surface area contributed by atoms with Crippen LogP contribution in [-0.2, 0) is 4.79 Å². The predicted octanol–water partition coefficient (Wildman–Crippen LogP) is 2.73. The molecule has 0 spiro atoms. The van der Waals surface area contributed by atoms with Gasteiger partial charge < -0.3 is 11.1 Å². The summed E-state index contributed by atoms with van der Waals surface area (Å²) in [7, 11) is 0. The van der Waals surface area contributed by atoms with Gasteiger partial charge in [-0.05, 0) is 38.3 Å². The number of amides is 1. The lowest BCUT2D eigenvalue weighted by molar-refractivity contribution is -0.125. The fourth-order valence-electron chi connectivity index (χ4n) is 2.48. The molecule has 0 bridgehead atoms. The summed E-state index contributed by atoms with van der Waals surface area (Å²) in [6, 6.07) is 1.83. The molecule has 19 heavy (non-hydrogen) atoms. The lowest BCUT2D eigenvalue weighted by Crippen LogP contribution is -2.44. The zero-order valence-corrected chi connectivity index (χ0v) is 11.1. The lowest BCUT2D eigenvalue weighted by Gasteiger charge is -2.27. The van der Waals surface area contributed by atoms with Crippen LogP contribution >= 0.6 is 0 Å². The number of carbonyl (C=O) groups excluding carboxylic acids is 1. The number of nitrogens with two attached hydrogens (primary N) is 1. The van der Waals surface area contributed by atoms with Crippen molar-refractivity contribution in [2.24, 2.45) is 11.1 Å². The fourth-order valence-corrected chi connectivity index (χ4v) is 2.48. The van der Waals surface area contributed by atoms with Crippen molar-refractivity contribution in [2.45, 2.75) is 39.2 Å². The number of hydrogen-bond acceptors (Lipinski definition) is 2. The van der Waals surface area contributed by atoms with Crippen LogP contribution in [0.25, 0.3) is 0 Å². The molecule has 1 aliphatic carbocycles. The van der Waals surface area contributed by atoms with Crippen LogP contribution in [0, 0.1) is 24.0 Å². The minimum atomic E-state index is -0.714. The maximum atomic E-state index is 13.7. The van der Waals surface area contributed by atoms with Gasteiger partial charge in [-0.3, -0.25) is 4.79 Å². The van der Waals surface area contributed by atoms with E-state index in [-0.39, 0.29) is 23.2 Å². The Morgan fingerprint density at radius 2 is 2.11 bits per heavy atom. The van der Waals surface area contributed by atoms with Crippen molar-refractivity contribution >= 4 is 11.6 Å². The van der Waals surface area contributed by atoms with E-state index in [1.165, 1.54) is 6.92 Å². The zero-order chi connectivity index (χ0) is 14.2. The van der Waals surface area contributed by atoms with Crippen molar-refractivity contribution in [1.82, 2.24) is 0 Å². The van der Waals surface area contributed by atoms with E-state index in [0.29, 0.717) is 6.42 Å². The molecule has 0 radical (unpaired) electrons. The van der Waals surface area contributed by atoms with Crippen molar-refractivity contribution in [3.63, 3.8) is 0 Å². The van der Waals surface area contributed by atoms with Crippen LogP contribution in [0.15, 0.2) is 12.1 Å². The molecule has 0 aliphatic heterocycles. The second-order valence-electron chi connectivity index (χ2n) is 5.45. The molecule has 1 fully saturated rings. The molecule has 5 heteroatoms. The van der Waals surface area contributed by atoms with Crippen LogP contribution in [0.2, 0.25) is 0 Å². The van der Waals surface area contributed by atoms with E-state index in [1.54, 1.807) is 6.92 Å². The minimum absolute atomic E-state index is 0.131. The average molecular weight is 268 g/mol. The Balaban J connectivity index is 2.22. The first-order chi connectivity index (χ1) is 8.84. The van der Waals surface area contributed by atoms with Gasteiger partial charge in [0.05, 0.1) is 11.1 Å². The van der Waals surface area contributed by atoms with Crippen LogP contribution in [-0.4, -0.2) is 11.9 Å². The third-order valence-electron chi connectivity index (χ3n) is 4.04. The van der Waals surface area contributed by atoms with Gasteiger partial charge in [0.25, 0.3) is 0 Å². The maximum Gasteiger partial charge on any atom is 0.231 e. The molecule has 1 aromatic carbocycles. The third-order valence-corrected chi connectivity index (χ3v) is 4.04. The zero-order valence-electron chi connectivity index (χ0n) is 11.1. The highest BCUT2D eigenvalue weighted by Crippen LogP contribution is 2.38. The summed E-state index contributed by atoms with van der Waals surface area (Å²) in [5, 5.41) is 2.46. The fraction of sp³-hybridized carbons (Fsp3) is 0.500. The summed E-state index contributed by atoms with van der Waals surface area (Å²) < 4.78 is 27.1. The van der Waals surface area contributed by atoms with E-state index >= 15 is 0 Å². The average Bonchev–Trinajstić information content (AvgIpc) is 2.68. The molecule has 3 N–H and O–H groups in total. The summed E-state index contributed by atoms with van der Waals surface area (Å²) in [5.74, 6) is -1.53. The SMILES string of the molecule is Cc1cc(F)c(NC(=O)C2(C)CCCC2N)cc1F. The largest absolute Gasteiger partial charge is 0.327 e. The highest BCUT2D eigenvalue weighted by molar-refractivity contribution is 5.96. The van der Waals surface area contributed by atoms with Gasteiger partial charge in [-0.2, -0.15) is 0 Å². The van der Waals surface area contributed by atoms with Crippen LogP contribution < -0.4 is 11.1 Å². The molecule has 0 saturated heterocycles. The van der Waals surface area contributed by atoms with E-state index in [2.05, 4.69) is 5.32 Å². The molecular weight excluding hydrogens is 250 g/mol. The third kappa shape index (κ3) is 2.47. The molecule has 2 unspecified atom stereocenters. The standard InChI is InChI=1S/C14H18F2N2O/c1-8-6-10(16)11(7-9(8)15)18-13(19)14(2)5-3-4-12(14)17/h6-7,12H,3-5,17H2,1-2H3,(H,18,19). The predicted molar refractivity (Wildman–Crippen MR) is 69.7 cm³/mol. The molecule has 3 nitrogen and oxygen atoms in total. The molecule has 2 rings (SSSR count). The van der Waals surface area contributed by atoms with Crippen LogP contribution in [0.4, 0.5) is 14.5 Å². The number of benzene rings is 1. The van der Waals surface area contributed by atoms with E-state index in [0.717, 1.165) is 25.0 Å². The van der Waals surface area contributed by atoms with Crippen molar-refractivity contribution in [1.29, 1.82) is 0 Å². The van der Waals surface area contributed by atoms with Crippen molar-refractivity contribution in [3.8, 4) is 0 Å². The van der Waals surface area contributed by atoms with Gasteiger partial charge in [0, 0.05) is 12.1 Å². The number of halogens is 2. The molecule has 0 heterocycles. The Labute approximate surface area is 111 Å². The molecule has 1 amide bonds. The number of aryl methyl sites for hydroxylation is 1. The van der Waals surface area contributed by atoms with Crippen molar-refractivity contribution in [3.05, 3.63) is 29.3 Å². The molecule has 0 aromatic heterocycles. The van der Waals surface area contributed by atoms with Gasteiger partial charge in [-0.25, -0.2) is 8.78 Å². The van der Waals surface area contributed by atoms with Gasteiger partial charge in [0.1, 0.15) is 11.6 Å². The first-order valence-corrected chi connectivity index (χ1v) is 6.37. The summed E-state index contributed by atoms with van der Waals surface area (Å²) in [6.07, 6.45) is 2.31. The van der Waals surface area contributed by atoms with E-state index in [1.807, 2.05) is 0 Å². The highest BCUT2D eigenvalue weighted by Gasteiger charge is 2.43. The molecule has 1 aliphatic rings. The number of carbonyl (C=O) groups is 1. The molecule has 2 atom stereocenters. The quantitative estimate of drug-likeness (QED) is 0.866. The molecule has 1 aromatic rings. The second kappa shape index (κ2) is 4.89. The Morgan fingerprint density at radius 3 is 2.68 bits per heavy atom. The minimum Gasteiger partial charge on any atom is -0.327 e. The van der Waals surface area contributed by atoms with Gasteiger partial charge in [0.15, 0.2) is 0 Å². The van der Waals surface area contributed by atoms with E-state index in [9.17, 15) is 13.6 Å². The van der Waals surface area contributed by atoms with Crippen LogP contribution in [0.5, 0.6) is 0 Å². The van der Waals surface area contributed by atoms with E-state index < -0.39 is 17.0 Å². The Morgan fingerprint density at radius 1 is 1.42 bits per heavy atom. The monoisotopic (exact) mass is 268 g/mol. The summed E-state index contributed by atoms with van der Waals surface area (Å²) >= 11 is 0. The Bertz CT molecular complexity index is 518.